The second kappa shape index (κ2) is 5.91. The molecule has 0 saturated carbocycles. The first-order chi connectivity index (χ1) is 4.70. The Hall–Kier alpha value is 0.160. The number of hydrogen-bond acceptors (Lipinski definition) is 3. The Kier molecular flexibility index (Phi) is 6.00. The second-order valence-corrected chi connectivity index (χ2v) is 3.02. The van der Waals surface area contributed by atoms with E-state index >= 15 is 0 Å². The number of halogens is 2. The molecule has 1 atom stereocenters. The lowest BCUT2D eigenvalue weighted by Gasteiger charge is -2.08. The van der Waals surface area contributed by atoms with Crippen LogP contribution in [0.5, 0.6) is 0 Å². The monoisotopic (exact) mass is 275 g/mol. The van der Waals surface area contributed by atoms with E-state index in [0.29, 0.717) is 17.1 Å². The molecule has 0 aromatic heterocycles. The molecular formula is C4H7Br2NO3. The van der Waals surface area contributed by atoms with E-state index in [-0.39, 0.29) is 6.10 Å². The molecule has 0 bridgehead atoms. The highest BCUT2D eigenvalue weighted by Crippen LogP contribution is 2.04. The first kappa shape index (κ1) is 10.2. The average molecular weight is 277 g/mol. The lowest BCUT2D eigenvalue weighted by Crippen LogP contribution is -2.18. The summed E-state index contributed by atoms with van der Waals surface area (Å²) in [5.41, 5.74) is 0. The maximum atomic E-state index is 9.79. The normalized spacial score (nSPS) is 12.6. The Morgan fingerprint density at radius 2 is 2.20 bits per heavy atom. The summed E-state index contributed by atoms with van der Waals surface area (Å²) in [6.45, 7) is 0. The minimum absolute atomic E-state index is 0.339. The van der Waals surface area contributed by atoms with Gasteiger partial charge in [-0.05, 0) is 6.42 Å². The average Bonchev–Trinajstić information content (AvgIpc) is 1.86. The van der Waals surface area contributed by atoms with E-state index in [1.807, 2.05) is 0 Å². The van der Waals surface area contributed by atoms with Crippen molar-refractivity contribution >= 4 is 31.9 Å². The molecule has 0 aromatic rings. The molecule has 0 radical (unpaired) electrons. The molecule has 0 rings (SSSR count). The van der Waals surface area contributed by atoms with E-state index in [4.69, 9.17) is 0 Å². The van der Waals surface area contributed by atoms with E-state index in [1.54, 1.807) is 0 Å². The van der Waals surface area contributed by atoms with Gasteiger partial charge in [-0.3, -0.25) is 0 Å². The molecule has 60 valence electrons. The van der Waals surface area contributed by atoms with Crippen LogP contribution in [0, 0.1) is 10.1 Å². The number of alkyl halides is 2. The van der Waals surface area contributed by atoms with Gasteiger partial charge in [-0.2, -0.15) is 0 Å². The highest BCUT2D eigenvalue weighted by atomic mass is 79.9. The van der Waals surface area contributed by atoms with Gasteiger partial charge in [0.25, 0.3) is 5.09 Å². The minimum atomic E-state index is -0.769. The van der Waals surface area contributed by atoms with E-state index in [1.165, 1.54) is 0 Å². The smallest absolute Gasteiger partial charge is 0.294 e. The van der Waals surface area contributed by atoms with Crippen molar-refractivity contribution in [1.29, 1.82) is 0 Å². The van der Waals surface area contributed by atoms with Gasteiger partial charge in [0.05, 0.1) is 0 Å². The van der Waals surface area contributed by atoms with Crippen LogP contribution in [0.4, 0.5) is 0 Å². The quantitative estimate of drug-likeness (QED) is 0.437. The summed E-state index contributed by atoms with van der Waals surface area (Å²) in [6.07, 6.45) is 0.293. The number of hydrogen-bond donors (Lipinski definition) is 0. The minimum Gasteiger partial charge on any atom is -0.310 e. The third-order valence-corrected chi connectivity index (χ3v) is 2.02. The molecule has 0 amide bonds. The van der Waals surface area contributed by atoms with Gasteiger partial charge in [0.15, 0.2) is 0 Å². The van der Waals surface area contributed by atoms with Crippen LogP contribution in [0.15, 0.2) is 0 Å². The van der Waals surface area contributed by atoms with E-state index < -0.39 is 5.09 Å². The summed E-state index contributed by atoms with van der Waals surface area (Å²) in [5, 5.41) is 10.2. The standard InChI is InChI=1S/C4H7Br2NO3/c5-2-1-4(3-6)10-7(8)9/h4H,1-3H2. The van der Waals surface area contributed by atoms with Gasteiger partial charge in [0.2, 0.25) is 0 Å². The summed E-state index contributed by atoms with van der Waals surface area (Å²) in [5.74, 6) is 0. The van der Waals surface area contributed by atoms with Crippen LogP contribution in [0.25, 0.3) is 0 Å². The fourth-order valence-corrected chi connectivity index (χ4v) is 1.35. The Balaban J connectivity index is 3.49. The van der Waals surface area contributed by atoms with Crippen molar-refractivity contribution in [3.05, 3.63) is 10.1 Å². The first-order valence-electron chi connectivity index (χ1n) is 2.63. The van der Waals surface area contributed by atoms with Crippen molar-refractivity contribution in [2.45, 2.75) is 12.5 Å². The van der Waals surface area contributed by atoms with E-state index in [0.717, 1.165) is 0 Å². The third kappa shape index (κ3) is 4.99. The Morgan fingerprint density at radius 3 is 2.50 bits per heavy atom. The van der Waals surface area contributed by atoms with Crippen LogP contribution in [-0.2, 0) is 4.84 Å². The molecule has 0 N–H and O–H groups in total. The fraction of sp³-hybridized carbons (Fsp3) is 1.00. The van der Waals surface area contributed by atoms with Crippen molar-refractivity contribution in [2.24, 2.45) is 0 Å². The van der Waals surface area contributed by atoms with E-state index in [9.17, 15) is 10.1 Å². The predicted molar refractivity (Wildman–Crippen MR) is 44.1 cm³/mol. The molecule has 0 aromatic carbocycles. The van der Waals surface area contributed by atoms with Crippen LogP contribution in [-0.4, -0.2) is 21.9 Å². The molecule has 0 aliphatic rings. The Bertz CT molecular complexity index is 111. The van der Waals surface area contributed by atoms with Crippen LogP contribution in [0.3, 0.4) is 0 Å². The zero-order valence-electron chi connectivity index (χ0n) is 5.13. The highest BCUT2D eigenvalue weighted by molar-refractivity contribution is 9.09. The Labute approximate surface area is 75.3 Å². The first-order valence-corrected chi connectivity index (χ1v) is 4.88. The zero-order chi connectivity index (χ0) is 7.98. The van der Waals surface area contributed by atoms with Gasteiger partial charge in [-0.15, -0.1) is 10.1 Å². The van der Waals surface area contributed by atoms with Crippen molar-refractivity contribution in [3.8, 4) is 0 Å². The SMILES string of the molecule is O=[N+]([O-])OC(CBr)CCBr. The van der Waals surface area contributed by atoms with Crippen molar-refractivity contribution in [1.82, 2.24) is 0 Å². The van der Waals surface area contributed by atoms with Crippen LogP contribution < -0.4 is 0 Å². The van der Waals surface area contributed by atoms with Crippen molar-refractivity contribution in [2.75, 3.05) is 10.7 Å². The topological polar surface area (TPSA) is 52.4 Å². The predicted octanol–water partition coefficient (Wildman–Crippen LogP) is 1.74. The van der Waals surface area contributed by atoms with Gasteiger partial charge >= 0.3 is 0 Å². The zero-order valence-corrected chi connectivity index (χ0v) is 8.30. The lowest BCUT2D eigenvalue weighted by molar-refractivity contribution is -0.767. The fourth-order valence-electron chi connectivity index (χ4n) is 0.401. The van der Waals surface area contributed by atoms with Gasteiger partial charge in [0, 0.05) is 10.7 Å². The van der Waals surface area contributed by atoms with Gasteiger partial charge < -0.3 is 4.84 Å². The van der Waals surface area contributed by atoms with Crippen LogP contribution in [0.2, 0.25) is 0 Å². The summed E-state index contributed by atoms with van der Waals surface area (Å²) in [6, 6.07) is 0. The van der Waals surface area contributed by atoms with Crippen LogP contribution in [0.1, 0.15) is 6.42 Å². The lowest BCUT2D eigenvalue weighted by atomic mass is 10.3. The summed E-state index contributed by atoms with van der Waals surface area (Å²) < 4.78 is 0. The number of rotatable bonds is 5. The van der Waals surface area contributed by atoms with Crippen molar-refractivity contribution < 1.29 is 9.92 Å². The molecule has 0 aliphatic carbocycles. The van der Waals surface area contributed by atoms with E-state index in [2.05, 4.69) is 36.7 Å². The summed E-state index contributed by atoms with van der Waals surface area (Å²) >= 11 is 6.25. The molecule has 0 heterocycles. The van der Waals surface area contributed by atoms with Gasteiger partial charge in [-0.1, -0.05) is 31.9 Å². The molecule has 10 heavy (non-hydrogen) atoms. The third-order valence-electron chi connectivity index (χ3n) is 0.838. The molecule has 0 spiro atoms. The summed E-state index contributed by atoms with van der Waals surface area (Å²) in [7, 11) is 0. The molecule has 0 saturated heterocycles. The van der Waals surface area contributed by atoms with Crippen LogP contribution >= 0.6 is 31.9 Å². The number of nitrogens with zero attached hydrogens (tertiary/aromatic N) is 1. The highest BCUT2D eigenvalue weighted by Gasteiger charge is 2.09. The maximum absolute atomic E-state index is 9.79. The summed E-state index contributed by atoms with van der Waals surface area (Å²) in [4.78, 5) is 14.1. The van der Waals surface area contributed by atoms with Crippen molar-refractivity contribution in [3.63, 3.8) is 0 Å². The molecule has 6 heteroatoms. The molecule has 4 nitrogen and oxygen atoms in total. The van der Waals surface area contributed by atoms with Gasteiger partial charge in [0.1, 0.15) is 6.10 Å². The second-order valence-electron chi connectivity index (χ2n) is 1.58. The largest absolute Gasteiger partial charge is 0.310 e. The van der Waals surface area contributed by atoms with Gasteiger partial charge in [-0.25, -0.2) is 0 Å². The Morgan fingerprint density at radius 1 is 1.60 bits per heavy atom. The molecule has 0 aliphatic heterocycles. The molecule has 0 fully saturated rings. The molecule has 1 unspecified atom stereocenters. The maximum Gasteiger partial charge on any atom is 0.294 e. The molecular weight excluding hydrogens is 270 g/mol.